The van der Waals surface area contributed by atoms with Gasteiger partial charge in [0.1, 0.15) is 5.03 Å². The van der Waals surface area contributed by atoms with Crippen LogP contribution in [0.25, 0.3) is 0 Å². The van der Waals surface area contributed by atoms with E-state index in [4.69, 9.17) is 11.6 Å². The first kappa shape index (κ1) is 12.6. The molecule has 0 N–H and O–H groups in total. The van der Waals surface area contributed by atoms with Crippen LogP contribution in [0, 0.1) is 0 Å². The molecule has 0 unspecified atom stereocenters. The highest BCUT2D eigenvalue weighted by Crippen LogP contribution is 2.29. The van der Waals surface area contributed by atoms with E-state index in [1.807, 2.05) is 18.2 Å². The Morgan fingerprint density at radius 3 is 2.71 bits per heavy atom. The van der Waals surface area contributed by atoms with Crippen LogP contribution in [-0.2, 0) is 0 Å². The number of carbonyl (C=O) groups excluding carboxylic acids is 1. The van der Waals surface area contributed by atoms with Gasteiger partial charge in [-0.25, -0.2) is 4.98 Å². The Hall–Kier alpha value is -0.840. The van der Waals surface area contributed by atoms with E-state index in [1.165, 1.54) is 11.8 Å². The molecule has 2 nitrogen and oxygen atoms in total. The van der Waals surface area contributed by atoms with Gasteiger partial charge in [-0.05, 0) is 30.3 Å². The van der Waals surface area contributed by atoms with Crippen LogP contribution in [0.5, 0.6) is 0 Å². The van der Waals surface area contributed by atoms with Crippen molar-refractivity contribution in [3.8, 4) is 0 Å². The van der Waals surface area contributed by atoms with Crippen LogP contribution in [0.4, 0.5) is 0 Å². The van der Waals surface area contributed by atoms with Crippen molar-refractivity contribution in [3.63, 3.8) is 0 Å². The lowest BCUT2D eigenvalue weighted by Crippen LogP contribution is -1.83. The van der Waals surface area contributed by atoms with Crippen molar-refractivity contribution >= 4 is 45.6 Å². The molecular weight excluding hydrogens is 322 g/mol. The zero-order valence-electron chi connectivity index (χ0n) is 8.56. The summed E-state index contributed by atoms with van der Waals surface area (Å²) in [5.41, 5.74) is 0.637. The third kappa shape index (κ3) is 3.31. The Balaban J connectivity index is 2.21. The minimum absolute atomic E-state index is 0.617. The molecule has 2 aromatic rings. The van der Waals surface area contributed by atoms with Gasteiger partial charge in [-0.1, -0.05) is 39.3 Å². The number of nitrogens with zero attached hydrogens (tertiary/aromatic N) is 1. The molecule has 5 heteroatoms. The molecule has 86 valence electrons. The maximum absolute atomic E-state index is 10.7. The average molecular weight is 329 g/mol. The van der Waals surface area contributed by atoms with Gasteiger partial charge in [0, 0.05) is 21.1 Å². The maximum Gasteiger partial charge on any atom is 0.151 e. The Bertz CT molecular complexity index is 545. The van der Waals surface area contributed by atoms with Gasteiger partial charge in [-0.2, -0.15) is 0 Å². The normalized spacial score (nSPS) is 10.2. The lowest BCUT2D eigenvalue weighted by molar-refractivity contribution is 0.112. The van der Waals surface area contributed by atoms with E-state index in [0.29, 0.717) is 10.6 Å². The number of hydrogen-bond acceptors (Lipinski definition) is 3. The summed E-state index contributed by atoms with van der Waals surface area (Å²) >= 11 is 10.6. The number of carbonyl (C=O) groups is 1. The van der Waals surface area contributed by atoms with Gasteiger partial charge >= 0.3 is 0 Å². The molecule has 1 aromatic carbocycles. The largest absolute Gasteiger partial charge is 0.298 e. The summed E-state index contributed by atoms with van der Waals surface area (Å²) in [6.45, 7) is 0. The van der Waals surface area contributed by atoms with Crippen molar-refractivity contribution in [1.82, 2.24) is 4.98 Å². The molecule has 1 heterocycles. The SMILES string of the molecule is O=Cc1ccc(Sc2ccc(Cl)cn2)cc1Br. The molecule has 1 aromatic heterocycles. The maximum atomic E-state index is 10.7. The third-order valence-electron chi connectivity index (χ3n) is 2.02. The number of hydrogen-bond donors (Lipinski definition) is 0. The standard InChI is InChI=1S/C12H7BrClNOS/c13-11-5-10(3-1-8(11)7-16)17-12-4-2-9(14)6-15-12/h1-7H. The van der Waals surface area contributed by atoms with Gasteiger partial charge in [0.25, 0.3) is 0 Å². The molecule has 0 fully saturated rings. The molecule has 0 aliphatic carbocycles. The molecule has 0 saturated carbocycles. The Labute approximate surface area is 117 Å². The lowest BCUT2D eigenvalue weighted by Gasteiger charge is -2.03. The molecular formula is C12H7BrClNOS. The van der Waals surface area contributed by atoms with Crippen molar-refractivity contribution in [2.24, 2.45) is 0 Å². The number of halogens is 2. The summed E-state index contributed by atoms with van der Waals surface area (Å²) in [6.07, 6.45) is 2.43. The van der Waals surface area contributed by atoms with Gasteiger partial charge in [0.2, 0.25) is 0 Å². The zero-order chi connectivity index (χ0) is 12.3. The molecule has 0 radical (unpaired) electrons. The average Bonchev–Trinajstić information content (AvgIpc) is 2.32. The van der Waals surface area contributed by atoms with Crippen LogP contribution in [0.15, 0.2) is 50.9 Å². The van der Waals surface area contributed by atoms with E-state index < -0.39 is 0 Å². The molecule has 0 amide bonds. The van der Waals surface area contributed by atoms with Crippen LogP contribution >= 0.6 is 39.3 Å². The van der Waals surface area contributed by atoms with Crippen LogP contribution in [0.3, 0.4) is 0 Å². The fourth-order valence-electron chi connectivity index (χ4n) is 1.21. The van der Waals surface area contributed by atoms with Crippen molar-refractivity contribution in [3.05, 3.63) is 51.6 Å². The van der Waals surface area contributed by atoms with E-state index in [1.54, 1.807) is 18.3 Å². The van der Waals surface area contributed by atoms with Gasteiger partial charge in [-0.15, -0.1) is 0 Å². The summed E-state index contributed by atoms with van der Waals surface area (Å²) in [7, 11) is 0. The molecule has 17 heavy (non-hydrogen) atoms. The van der Waals surface area contributed by atoms with Crippen LogP contribution in [-0.4, -0.2) is 11.3 Å². The lowest BCUT2D eigenvalue weighted by atomic mass is 10.2. The topological polar surface area (TPSA) is 30.0 Å². The first-order valence-corrected chi connectivity index (χ1v) is 6.72. The molecule has 0 spiro atoms. The Kier molecular flexibility index (Phi) is 4.20. The minimum Gasteiger partial charge on any atom is -0.298 e. The number of pyridine rings is 1. The second kappa shape index (κ2) is 5.67. The predicted molar refractivity (Wildman–Crippen MR) is 72.9 cm³/mol. The second-order valence-corrected chi connectivity index (χ2v) is 5.60. The van der Waals surface area contributed by atoms with Gasteiger partial charge in [-0.3, -0.25) is 4.79 Å². The first-order valence-electron chi connectivity index (χ1n) is 4.73. The van der Waals surface area contributed by atoms with Crippen molar-refractivity contribution < 1.29 is 4.79 Å². The highest BCUT2D eigenvalue weighted by Gasteiger charge is 2.03. The Morgan fingerprint density at radius 1 is 1.29 bits per heavy atom. The molecule has 0 aliphatic rings. The van der Waals surface area contributed by atoms with Gasteiger partial charge in [0.15, 0.2) is 6.29 Å². The van der Waals surface area contributed by atoms with Crippen LogP contribution in [0.2, 0.25) is 5.02 Å². The van der Waals surface area contributed by atoms with E-state index >= 15 is 0 Å². The molecule has 0 saturated heterocycles. The number of aldehydes is 1. The summed E-state index contributed by atoms with van der Waals surface area (Å²) in [5.74, 6) is 0. The van der Waals surface area contributed by atoms with Crippen molar-refractivity contribution in [2.75, 3.05) is 0 Å². The third-order valence-corrected chi connectivity index (χ3v) is 3.87. The van der Waals surface area contributed by atoms with Crippen molar-refractivity contribution in [2.45, 2.75) is 9.92 Å². The zero-order valence-corrected chi connectivity index (χ0v) is 11.7. The van der Waals surface area contributed by atoms with E-state index in [-0.39, 0.29) is 0 Å². The van der Waals surface area contributed by atoms with E-state index in [0.717, 1.165) is 20.7 Å². The molecule has 0 bridgehead atoms. The van der Waals surface area contributed by atoms with Gasteiger partial charge in [0.05, 0.1) is 5.02 Å². The molecule has 2 rings (SSSR count). The fourth-order valence-corrected chi connectivity index (χ4v) is 2.74. The Morgan fingerprint density at radius 2 is 2.12 bits per heavy atom. The summed E-state index contributed by atoms with van der Waals surface area (Å²) in [5, 5.41) is 1.48. The molecule has 0 aliphatic heterocycles. The number of aromatic nitrogens is 1. The molecule has 0 atom stereocenters. The predicted octanol–water partition coefficient (Wildman–Crippen LogP) is 4.46. The fraction of sp³-hybridized carbons (Fsp3) is 0. The van der Waals surface area contributed by atoms with Crippen LogP contribution in [0.1, 0.15) is 10.4 Å². The minimum atomic E-state index is 0.617. The number of rotatable bonds is 3. The van der Waals surface area contributed by atoms with Crippen molar-refractivity contribution in [1.29, 1.82) is 0 Å². The highest BCUT2D eigenvalue weighted by molar-refractivity contribution is 9.10. The number of benzene rings is 1. The van der Waals surface area contributed by atoms with Crippen LogP contribution < -0.4 is 0 Å². The quantitative estimate of drug-likeness (QED) is 0.779. The summed E-state index contributed by atoms with van der Waals surface area (Å²) in [6, 6.07) is 9.20. The second-order valence-electron chi connectivity index (χ2n) is 3.22. The monoisotopic (exact) mass is 327 g/mol. The summed E-state index contributed by atoms with van der Waals surface area (Å²) in [4.78, 5) is 15.9. The van der Waals surface area contributed by atoms with E-state index in [9.17, 15) is 4.79 Å². The smallest absolute Gasteiger partial charge is 0.151 e. The summed E-state index contributed by atoms with van der Waals surface area (Å²) < 4.78 is 0.784. The first-order chi connectivity index (χ1) is 8.19. The van der Waals surface area contributed by atoms with E-state index in [2.05, 4.69) is 20.9 Å². The van der Waals surface area contributed by atoms with Gasteiger partial charge < -0.3 is 0 Å². The highest BCUT2D eigenvalue weighted by atomic mass is 79.9.